The Balaban J connectivity index is 1.54. The molecule has 25 heavy (non-hydrogen) atoms. The van der Waals surface area contributed by atoms with Gasteiger partial charge in [0.25, 0.3) is 5.91 Å². The Morgan fingerprint density at radius 1 is 1.00 bits per heavy atom. The quantitative estimate of drug-likeness (QED) is 0.747. The summed E-state index contributed by atoms with van der Waals surface area (Å²) < 4.78 is 0. The van der Waals surface area contributed by atoms with E-state index in [9.17, 15) is 14.4 Å². The topological polar surface area (TPSA) is 101 Å². The Kier molecular flexibility index (Phi) is 4.79. The zero-order valence-electron chi connectivity index (χ0n) is 13.6. The zero-order valence-corrected chi connectivity index (χ0v) is 13.6. The molecule has 2 atom stereocenters. The lowest BCUT2D eigenvalue weighted by Gasteiger charge is -2.07. The number of anilines is 1. The predicted octanol–water partition coefficient (Wildman–Crippen LogP) is 1.64. The van der Waals surface area contributed by atoms with Gasteiger partial charge in [0.2, 0.25) is 11.8 Å². The minimum absolute atomic E-state index is 0.0130. The van der Waals surface area contributed by atoms with Gasteiger partial charge in [-0.1, -0.05) is 30.3 Å². The van der Waals surface area contributed by atoms with Crippen LogP contribution in [-0.4, -0.2) is 24.3 Å². The Labute approximate surface area is 145 Å². The van der Waals surface area contributed by atoms with Crippen molar-refractivity contribution in [2.24, 2.45) is 11.7 Å². The first kappa shape index (κ1) is 16.7. The molecular weight excluding hydrogens is 318 g/mol. The van der Waals surface area contributed by atoms with E-state index in [0.717, 1.165) is 6.42 Å². The van der Waals surface area contributed by atoms with E-state index in [2.05, 4.69) is 10.6 Å². The van der Waals surface area contributed by atoms with Crippen LogP contribution in [0.25, 0.3) is 0 Å². The summed E-state index contributed by atoms with van der Waals surface area (Å²) >= 11 is 0. The van der Waals surface area contributed by atoms with Gasteiger partial charge in [-0.15, -0.1) is 0 Å². The summed E-state index contributed by atoms with van der Waals surface area (Å²) in [5.74, 6) is -0.738. The van der Waals surface area contributed by atoms with Crippen molar-refractivity contribution in [3.05, 3.63) is 65.7 Å². The zero-order chi connectivity index (χ0) is 17.8. The first-order valence-electron chi connectivity index (χ1n) is 8.07. The smallest absolute Gasteiger partial charge is 0.251 e. The second-order valence-corrected chi connectivity index (χ2v) is 6.07. The van der Waals surface area contributed by atoms with Crippen molar-refractivity contribution in [2.75, 3.05) is 11.9 Å². The third kappa shape index (κ3) is 4.23. The molecule has 1 saturated carbocycles. The number of carbonyl (C=O) groups excluding carboxylic acids is 3. The molecule has 2 aromatic carbocycles. The van der Waals surface area contributed by atoms with E-state index >= 15 is 0 Å². The highest BCUT2D eigenvalue weighted by Gasteiger charge is 2.43. The number of amides is 3. The summed E-state index contributed by atoms with van der Waals surface area (Å²) in [6.07, 6.45) is 0.851. The molecule has 2 aromatic rings. The number of hydrogen-bond acceptors (Lipinski definition) is 3. The molecule has 0 heterocycles. The van der Waals surface area contributed by atoms with Crippen LogP contribution in [0.15, 0.2) is 54.6 Å². The number of carbonyl (C=O) groups is 3. The molecular formula is C19H19N3O3. The van der Waals surface area contributed by atoms with Gasteiger partial charge >= 0.3 is 0 Å². The summed E-state index contributed by atoms with van der Waals surface area (Å²) in [6.45, 7) is -0.208. The summed E-state index contributed by atoms with van der Waals surface area (Å²) in [6, 6.07) is 16.5. The highest BCUT2D eigenvalue weighted by Crippen LogP contribution is 2.47. The van der Waals surface area contributed by atoms with Crippen LogP contribution in [0.4, 0.5) is 5.69 Å². The molecule has 0 bridgehead atoms. The Morgan fingerprint density at radius 2 is 1.68 bits per heavy atom. The lowest BCUT2D eigenvalue weighted by Crippen LogP contribution is -2.33. The summed E-state index contributed by atoms with van der Waals surface area (Å²) in [5, 5.41) is 5.29. The molecule has 3 rings (SSSR count). The SMILES string of the molecule is NC(=O)CNC(=O)c1ccc(NC(=O)[C@@H]2C[C@H]2c2ccccc2)cc1. The molecule has 6 heteroatoms. The maximum atomic E-state index is 12.3. The average molecular weight is 337 g/mol. The minimum atomic E-state index is -0.602. The maximum absolute atomic E-state index is 12.3. The first-order chi connectivity index (χ1) is 12.0. The van der Waals surface area contributed by atoms with Gasteiger partial charge in [-0.3, -0.25) is 14.4 Å². The molecule has 0 unspecified atom stereocenters. The van der Waals surface area contributed by atoms with Crippen LogP contribution in [0, 0.1) is 5.92 Å². The van der Waals surface area contributed by atoms with Crippen molar-refractivity contribution in [2.45, 2.75) is 12.3 Å². The Morgan fingerprint density at radius 3 is 2.32 bits per heavy atom. The normalized spacial score (nSPS) is 18.2. The van der Waals surface area contributed by atoms with Crippen molar-refractivity contribution < 1.29 is 14.4 Å². The summed E-state index contributed by atoms with van der Waals surface area (Å²) in [5.41, 5.74) is 7.20. The third-order valence-corrected chi connectivity index (χ3v) is 4.19. The second kappa shape index (κ2) is 7.17. The highest BCUT2D eigenvalue weighted by atomic mass is 16.2. The highest BCUT2D eigenvalue weighted by molar-refractivity contribution is 5.98. The van der Waals surface area contributed by atoms with E-state index in [-0.39, 0.29) is 30.2 Å². The van der Waals surface area contributed by atoms with Gasteiger partial charge in [0, 0.05) is 17.2 Å². The Hall–Kier alpha value is -3.15. The molecule has 0 spiro atoms. The number of benzene rings is 2. The molecule has 0 aromatic heterocycles. The second-order valence-electron chi connectivity index (χ2n) is 6.07. The molecule has 3 amide bonds. The lowest BCUT2D eigenvalue weighted by atomic mass is 10.1. The van der Waals surface area contributed by atoms with Gasteiger partial charge < -0.3 is 16.4 Å². The lowest BCUT2D eigenvalue weighted by molar-refractivity contribution is -0.118. The molecule has 1 fully saturated rings. The van der Waals surface area contributed by atoms with Crippen molar-refractivity contribution in [1.82, 2.24) is 5.32 Å². The summed E-state index contributed by atoms with van der Waals surface area (Å²) in [7, 11) is 0. The molecule has 0 saturated heterocycles. The van der Waals surface area contributed by atoms with Gasteiger partial charge in [-0.25, -0.2) is 0 Å². The van der Waals surface area contributed by atoms with Gasteiger partial charge in [0.1, 0.15) is 0 Å². The molecule has 1 aliphatic carbocycles. The molecule has 0 aliphatic heterocycles. The molecule has 0 radical (unpaired) electrons. The minimum Gasteiger partial charge on any atom is -0.368 e. The van der Waals surface area contributed by atoms with Gasteiger partial charge in [0.05, 0.1) is 6.54 Å². The predicted molar refractivity (Wildman–Crippen MR) is 93.9 cm³/mol. The van der Waals surface area contributed by atoms with E-state index < -0.39 is 5.91 Å². The fourth-order valence-electron chi connectivity index (χ4n) is 2.76. The molecule has 4 N–H and O–H groups in total. The van der Waals surface area contributed by atoms with E-state index in [0.29, 0.717) is 11.3 Å². The maximum Gasteiger partial charge on any atom is 0.251 e. The van der Waals surface area contributed by atoms with Crippen molar-refractivity contribution in [3.63, 3.8) is 0 Å². The standard InChI is InChI=1S/C19H19N3O3/c20-17(23)11-21-18(24)13-6-8-14(9-7-13)22-19(25)16-10-15(16)12-4-2-1-3-5-12/h1-9,15-16H,10-11H2,(H2,20,23)(H,21,24)(H,22,25)/t15-,16+/m0/s1. The first-order valence-corrected chi connectivity index (χ1v) is 8.07. The third-order valence-electron chi connectivity index (χ3n) is 4.19. The largest absolute Gasteiger partial charge is 0.368 e. The van der Waals surface area contributed by atoms with Gasteiger partial charge in [-0.05, 0) is 42.2 Å². The van der Waals surface area contributed by atoms with E-state index in [4.69, 9.17) is 5.73 Å². The fraction of sp³-hybridized carbons (Fsp3) is 0.211. The van der Waals surface area contributed by atoms with Gasteiger partial charge in [-0.2, -0.15) is 0 Å². The van der Waals surface area contributed by atoms with Crippen molar-refractivity contribution in [1.29, 1.82) is 0 Å². The number of nitrogens with two attached hydrogens (primary N) is 1. The summed E-state index contributed by atoms with van der Waals surface area (Å²) in [4.78, 5) is 34.8. The van der Waals surface area contributed by atoms with Crippen LogP contribution >= 0.6 is 0 Å². The van der Waals surface area contributed by atoms with E-state index in [1.165, 1.54) is 5.56 Å². The molecule has 6 nitrogen and oxygen atoms in total. The average Bonchev–Trinajstić information content (AvgIpc) is 3.42. The van der Waals surface area contributed by atoms with E-state index in [1.54, 1.807) is 24.3 Å². The van der Waals surface area contributed by atoms with Crippen LogP contribution < -0.4 is 16.4 Å². The van der Waals surface area contributed by atoms with Gasteiger partial charge in [0.15, 0.2) is 0 Å². The number of rotatable bonds is 6. The number of hydrogen-bond donors (Lipinski definition) is 3. The van der Waals surface area contributed by atoms with Crippen molar-refractivity contribution in [3.8, 4) is 0 Å². The van der Waals surface area contributed by atoms with Crippen LogP contribution in [-0.2, 0) is 9.59 Å². The number of nitrogens with one attached hydrogen (secondary N) is 2. The van der Waals surface area contributed by atoms with Crippen LogP contribution in [0.1, 0.15) is 28.3 Å². The number of primary amides is 1. The molecule has 1 aliphatic rings. The van der Waals surface area contributed by atoms with E-state index in [1.807, 2.05) is 30.3 Å². The van der Waals surface area contributed by atoms with Crippen molar-refractivity contribution >= 4 is 23.4 Å². The van der Waals surface area contributed by atoms with Crippen LogP contribution in [0.5, 0.6) is 0 Å². The monoisotopic (exact) mass is 337 g/mol. The molecule has 128 valence electrons. The Bertz CT molecular complexity index is 787. The fourth-order valence-corrected chi connectivity index (χ4v) is 2.76. The van der Waals surface area contributed by atoms with Crippen LogP contribution in [0.3, 0.4) is 0 Å². The van der Waals surface area contributed by atoms with Crippen LogP contribution in [0.2, 0.25) is 0 Å².